The first kappa shape index (κ1) is 27.9. The van der Waals surface area contributed by atoms with Crippen LogP contribution >= 0.6 is 23.2 Å². The molecular weight excluding hydrogens is 495 g/mol. The van der Waals surface area contributed by atoms with E-state index < -0.39 is 0 Å². The topological polar surface area (TPSA) is 64.7 Å². The zero-order chi connectivity index (χ0) is 25.6. The second-order valence-corrected chi connectivity index (χ2v) is 9.50. The van der Waals surface area contributed by atoms with Crippen LogP contribution in [0.25, 0.3) is 12.2 Å². The Balaban J connectivity index is 1.21. The summed E-state index contributed by atoms with van der Waals surface area (Å²) >= 11 is 12.2. The lowest BCUT2D eigenvalue weighted by Gasteiger charge is -2.34. The Hall–Kier alpha value is -2.64. The highest BCUT2D eigenvalue weighted by atomic mass is 35.5. The molecule has 1 fully saturated rings. The summed E-state index contributed by atoms with van der Waals surface area (Å²) in [6.07, 6.45) is 8.35. The molecule has 0 aliphatic carbocycles. The van der Waals surface area contributed by atoms with Crippen LogP contribution in [-0.4, -0.2) is 74.0 Å². The summed E-state index contributed by atoms with van der Waals surface area (Å²) < 4.78 is 0. The van der Waals surface area contributed by atoms with Crippen molar-refractivity contribution in [2.45, 2.75) is 12.8 Å². The quantitative estimate of drug-likeness (QED) is 0.317. The van der Waals surface area contributed by atoms with Crippen LogP contribution in [-0.2, 0) is 9.59 Å². The molecule has 192 valence electrons. The Morgan fingerprint density at radius 3 is 1.47 bits per heavy atom. The fourth-order valence-corrected chi connectivity index (χ4v) is 4.33. The molecule has 2 aromatic carbocycles. The molecule has 0 atom stereocenters. The first-order valence-corrected chi connectivity index (χ1v) is 13.1. The van der Waals surface area contributed by atoms with Gasteiger partial charge < -0.3 is 20.4 Å². The van der Waals surface area contributed by atoms with E-state index in [1.807, 2.05) is 36.4 Å². The predicted molar refractivity (Wildman–Crippen MR) is 149 cm³/mol. The summed E-state index contributed by atoms with van der Waals surface area (Å²) in [6.45, 7) is 7.32. The van der Waals surface area contributed by atoms with Crippen molar-refractivity contribution in [3.05, 3.63) is 81.9 Å². The normalized spacial score (nSPS) is 14.9. The van der Waals surface area contributed by atoms with E-state index >= 15 is 0 Å². The molecule has 2 amide bonds. The molecule has 0 bridgehead atoms. The number of benzene rings is 2. The number of amides is 2. The average molecular weight is 530 g/mol. The lowest BCUT2D eigenvalue weighted by atomic mass is 10.2. The largest absolute Gasteiger partial charge is 0.353 e. The fraction of sp³-hybridized carbons (Fsp3) is 0.357. The van der Waals surface area contributed by atoms with Gasteiger partial charge in [0.2, 0.25) is 11.8 Å². The minimum absolute atomic E-state index is 0.105. The van der Waals surface area contributed by atoms with Crippen molar-refractivity contribution >= 4 is 47.2 Å². The van der Waals surface area contributed by atoms with Crippen molar-refractivity contribution in [2.24, 2.45) is 0 Å². The highest BCUT2D eigenvalue weighted by molar-refractivity contribution is 6.32. The summed E-state index contributed by atoms with van der Waals surface area (Å²) in [4.78, 5) is 28.9. The van der Waals surface area contributed by atoms with Gasteiger partial charge >= 0.3 is 0 Å². The zero-order valence-corrected chi connectivity index (χ0v) is 22.0. The predicted octanol–water partition coefficient (Wildman–Crippen LogP) is 4.35. The van der Waals surface area contributed by atoms with Gasteiger partial charge in [-0.25, -0.2) is 0 Å². The molecule has 1 heterocycles. The fourth-order valence-electron chi connectivity index (χ4n) is 3.93. The van der Waals surface area contributed by atoms with Gasteiger partial charge in [-0.1, -0.05) is 59.6 Å². The standard InChI is InChI=1S/C28H34Cl2N4O2/c29-25-9-3-1-7-23(25)11-13-27(35)31-15-5-17-33-19-21-34(22-20-33)18-6-16-32-28(36)14-12-24-8-2-4-10-26(24)30/h1-4,7-14H,5-6,15-22H2,(H,31,35)(H,32,36). The van der Waals surface area contributed by atoms with E-state index in [-0.39, 0.29) is 11.8 Å². The van der Waals surface area contributed by atoms with Gasteiger partial charge in [-0.3, -0.25) is 9.59 Å². The molecular formula is C28H34Cl2N4O2. The number of nitrogens with one attached hydrogen (secondary N) is 2. The molecule has 8 heteroatoms. The van der Waals surface area contributed by atoms with Crippen LogP contribution in [0.3, 0.4) is 0 Å². The molecule has 36 heavy (non-hydrogen) atoms. The van der Waals surface area contributed by atoms with Gasteiger partial charge in [0.05, 0.1) is 0 Å². The second-order valence-electron chi connectivity index (χ2n) is 8.68. The summed E-state index contributed by atoms with van der Waals surface area (Å²) in [7, 11) is 0. The molecule has 2 aromatic rings. The Bertz CT molecular complexity index is 966. The highest BCUT2D eigenvalue weighted by Gasteiger charge is 2.16. The van der Waals surface area contributed by atoms with Gasteiger partial charge in [-0.15, -0.1) is 0 Å². The zero-order valence-electron chi connectivity index (χ0n) is 20.5. The van der Waals surface area contributed by atoms with Crippen molar-refractivity contribution in [3.8, 4) is 0 Å². The number of carbonyl (C=O) groups excluding carboxylic acids is 2. The van der Waals surface area contributed by atoms with Crippen LogP contribution in [0.5, 0.6) is 0 Å². The van der Waals surface area contributed by atoms with Gasteiger partial charge in [0.15, 0.2) is 0 Å². The Kier molecular flexibility index (Phi) is 12.0. The molecule has 1 aliphatic rings. The number of halogens is 2. The third-order valence-corrected chi connectivity index (χ3v) is 6.69. The van der Waals surface area contributed by atoms with Gasteiger partial charge in [0.1, 0.15) is 0 Å². The molecule has 0 saturated carbocycles. The van der Waals surface area contributed by atoms with Crippen LogP contribution in [0.4, 0.5) is 0 Å². The average Bonchev–Trinajstić information content (AvgIpc) is 2.89. The van der Waals surface area contributed by atoms with Crippen LogP contribution < -0.4 is 10.6 Å². The number of hydrogen-bond donors (Lipinski definition) is 2. The maximum atomic E-state index is 12.0. The molecule has 0 aromatic heterocycles. The van der Waals surface area contributed by atoms with E-state index in [1.54, 1.807) is 24.3 Å². The number of rotatable bonds is 12. The van der Waals surface area contributed by atoms with E-state index in [0.29, 0.717) is 23.1 Å². The summed E-state index contributed by atoms with van der Waals surface area (Å²) in [5.74, 6) is -0.211. The third-order valence-electron chi connectivity index (χ3n) is 6.00. The third kappa shape index (κ3) is 10.2. The van der Waals surface area contributed by atoms with E-state index in [4.69, 9.17) is 23.2 Å². The maximum Gasteiger partial charge on any atom is 0.244 e. The van der Waals surface area contributed by atoms with E-state index in [9.17, 15) is 9.59 Å². The van der Waals surface area contributed by atoms with E-state index in [2.05, 4.69) is 20.4 Å². The van der Waals surface area contributed by atoms with Gasteiger partial charge in [0.25, 0.3) is 0 Å². The number of piperazine rings is 1. The maximum absolute atomic E-state index is 12.0. The van der Waals surface area contributed by atoms with Gasteiger partial charge in [-0.2, -0.15) is 0 Å². The molecule has 2 N–H and O–H groups in total. The van der Waals surface area contributed by atoms with Gasteiger partial charge in [0, 0.05) is 61.5 Å². The number of hydrogen-bond acceptors (Lipinski definition) is 4. The molecule has 6 nitrogen and oxygen atoms in total. The van der Waals surface area contributed by atoms with Gasteiger partial charge in [-0.05, 0) is 61.3 Å². The summed E-state index contributed by atoms with van der Waals surface area (Å²) in [6, 6.07) is 14.9. The molecule has 1 aliphatic heterocycles. The second kappa shape index (κ2) is 15.5. The Morgan fingerprint density at radius 2 is 1.08 bits per heavy atom. The summed E-state index contributed by atoms with van der Waals surface area (Å²) in [5, 5.41) is 7.13. The lowest BCUT2D eigenvalue weighted by Crippen LogP contribution is -2.47. The Morgan fingerprint density at radius 1 is 0.694 bits per heavy atom. The number of carbonyl (C=O) groups is 2. The minimum atomic E-state index is -0.105. The van der Waals surface area contributed by atoms with E-state index in [1.165, 1.54) is 12.2 Å². The molecule has 0 unspecified atom stereocenters. The van der Waals surface area contributed by atoms with E-state index in [0.717, 1.165) is 63.2 Å². The summed E-state index contributed by atoms with van der Waals surface area (Å²) in [5.41, 5.74) is 1.67. The smallest absolute Gasteiger partial charge is 0.244 e. The number of nitrogens with zero attached hydrogens (tertiary/aromatic N) is 2. The molecule has 0 radical (unpaired) electrons. The van der Waals surface area contributed by atoms with Crippen LogP contribution in [0.2, 0.25) is 10.0 Å². The SMILES string of the molecule is O=C(C=Cc1ccccc1Cl)NCCCN1CCN(CCCNC(=O)C=Cc2ccccc2Cl)CC1. The lowest BCUT2D eigenvalue weighted by molar-refractivity contribution is -0.117. The van der Waals surface area contributed by atoms with Crippen LogP contribution in [0.15, 0.2) is 60.7 Å². The monoisotopic (exact) mass is 528 g/mol. The highest BCUT2D eigenvalue weighted by Crippen LogP contribution is 2.16. The van der Waals surface area contributed by atoms with Crippen molar-refractivity contribution in [2.75, 3.05) is 52.4 Å². The van der Waals surface area contributed by atoms with Crippen molar-refractivity contribution in [3.63, 3.8) is 0 Å². The molecule has 3 rings (SSSR count). The van der Waals surface area contributed by atoms with Crippen LogP contribution in [0.1, 0.15) is 24.0 Å². The molecule has 1 saturated heterocycles. The molecule has 0 spiro atoms. The van der Waals surface area contributed by atoms with Crippen molar-refractivity contribution in [1.82, 2.24) is 20.4 Å². The Labute approximate surface area is 223 Å². The van der Waals surface area contributed by atoms with Crippen molar-refractivity contribution in [1.29, 1.82) is 0 Å². The van der Waals surface area contributed by atoms with Crippen LogP contribution in [0, 0.1) is 0 Å². The first-order valence-electron chi connectivity index (χ1n) is 12.4. The first-order chi connectivity index (χ1) is 17.5. The minimum Gasteiger partial charge on any atom is -0.353 e. The van der Waals surface area contributed by atoms with Crippen molar-refractivity contribution < 1.29 is 9.59 Å².